The molecule has 0 saturated carbocycles. The maximum absolute atomic E-state index is 12.2. The van der Waals surface area contributed by atoms with Gasteiger partial charge in [0.05, 0.1) is 30.6 Å². The Balaban J connectivity index is 1.77. The van der Waals surface area contributed by atoms with Crippen LogP contribution in [0.3, 0.4) is 0 Å². The molecule has 166 valence electrons. The van der Waals surface area contributed by atoms with Crippen LogP contribution in [0, 0.1) is 6.92 Å². The lowest BCUT2D eigenvalue weighted by molar-refractivity contribution is -0.119. The third-order valence-electron chi connectivity index (χ3n) is 5.16. The Hall–Kier alpha value is -3.01. The van der Waals surface area contributed by atoms with Gasteiger partial charge in [0.2, 0.25) is 5.91 Å². The number of aromatic nitrogens is 1. The molecule has 9 heteroatoms. The molecular formula is C23H24N4O3S2. The first-order valence-electron chi connectivity index (χ1n) is 10.1. The second-order valence-electron chi connectivity index (χ2n) is 7.31. The number of benzene rings is 1. The minimum absolute atomic E-state index is 0.0457. The zero-order valence-corrected chi connectivity index (χ0v) is 19.6. The molecule has 0 radical (unpaired) electrons. The zero-order chi connectivity index (χ0) is 22.7. The average molecular weight is 469 g/mol. The van der Waals surface area contributed by atoms with Crippen LogP contribution >= 0.6 is 23.6 Å². The molecule has 1 aliphatic rings. The Labute approximate surface area is 196 Å². The van der Waals surface area contributed by atoms with Crippen molar-refractivity contribution in [3.63, 3.8) is 0 Å². The molecule has 0 aliphatic carbocycles. The van der Waals surface area contributed by atoms with E-state index in [9.17, 15) is 4.79 Å². The topological polar surface area (TPSA) is 75.7 Å². The van der Waals surface area contributed by atoms with Crippen LogP contribution in [0.1, 0.15) is 27.5 Å². The Kier molecular flexibility index (Phi) is 6.69. The lowest BCUT2D eigenvalue weighted by atomic mass is 10.0. The summed E-state index contributed by atoms with van der Waals surface area (Å²) in [5, 5.41) is 6.90. The van der Waals surface area contributed by atoms with Crippen molar-refractivity contribution in [2.75, 3.05) is 31.0 Å². The van der Waals surface area contributed by atoms with Gasteiger partial charge in [0.25, 0.3) is 0 Å². The van der Waals surface area contributed by atoms with Crippen LogP contribution in [0.15, 0.2) is 54.7 Å². The molecule has 0 bridgehead atoms. The Morgan fingerprint density at radius 2 is 2.09 bits per heavy atom. The van der Waals surface area contributed by atoms with E-state index in [1.165, 1.54) is 16.9 Å². The summed E-state index contributed by atoms with van der Waals surface area (Å²) in [5.41, 5.74) is 2.30. The molecule has 3 heterocycles. The fourth-order valence-corrected chi connectivity index (χ4v) is 5.15. The van der Waals surface area contributed by atoms with Crippen LogP contribution in [0.5, 0.6) is 5.75 Å². The van der Waals surface area contributed by atoms with Crippen LogP contribution in [-0.2, 0) is 9.53 Å². The van der Waals surface area contributed by atoms with Gasteiger partial charge >= 0.3 is 0 Å². The van der Waals surface area contributed by atoms with E-state index < -0.39 is 0 Å². The Morgan fingerprint density at radius 3 is 2.75 bits per heavy atom. The van der Waals surface area contributed by atoms with Crippen LogP contribution in [0.25, 0.3) is 0 Å². The maximum Gasteiger partial charge on any atom is 0.250 e. The van der Waals surface area contributed by atoms with Gasteiger partial charge in [0.1, 0.15) is 12.4 Å². The first-order chi connectivity index (χ1) is 15.5. The molecule has 2 aromatic heterocycles. The third kappa shape index (κ3) is 4.45. The lowest BCUT2D eigenvalue weighted by Gasteiger charge is -2.27. The molecule has 32 heavy (non-hydrogen) atoms. The second kappa shape index (κ2) is 9.64. The van der Waals surface area contributed by atoms with E-state index in [0.717, 1.165) is 11.4 Å². The summed E-state index contributed by atoms with van der Waals surface area (Å²) < 4.78 is 10.4. The normalized spacial score (nSPS) is 17.8. The van der Waals surface area contributed by atoms with Crippen LogP contribution in [-0.4, -0.2) is 36.8 Å². The van der Waals surface area contributed by atoms with Crippen molar-refractivity contribution in [2.24, 2.45) is 0 Å². The largest absolute Gasteiger partial charge is 0.495 e. The minimum atomic E-state index is -0.262. The summed E-state index contributed by atoms with van der Waals surface area (Å²) in [6.45, 7) is 2.04. The summed E-state index contributed by atoms with van der Waals surface area (Å²) in [4.78, 5) is 21.2. The van der Waals surface area contributed by atoms with E-state index in [1.807, 2.05) is 36.4 Å². The number of amides is 1. The number of hydrogen-bond acceptors (Lipinski definition) is 6. The van der Waals surface area contributed by atoms with E-state index >= 15 is 0 Å². The molecule has 3 aromatic rings. The van der Waals surface area contributed by atoms with Gasteiger partial charge in [-0.25, -0.2) is 0 Å². The number of nitrogens with zero attached hydrogens (tertiary/aromatic N) is 2. The van der Waals surface area contributed by atoms with Crippen molar-refractivity contribution >= 4 is 45.9 Å². The number of hydrogen-bond donors (Lipinski definition) is 2. The highest BCUT2D eigenvalue weighted by Crippen LogP contribution is 2.44. The van der Waals surface area contributed by atoms with E-state index in [4.69, 9.17) is 21.7 Å². The van der Waals surface area contributed by atoms with Crippen molar-refractivity contribution in [1.82, 2.24) is 10.3 Å². The smallest absolute Gasteiger partial charge is 0.250 e. The van der Waals surface area contributed by atoms with Crippen LogP contribution < -0.4 is 20.3 Å². The fraction of sp³-hybridized carbons (Fsp3) is 0.261. The quantitative estimate of drug-likeness (QED) is 0.503. The van der Waals surface area contributed by atoms with Crippen molar-refractivity contribution < 1.29 is 14.3 Å². The standard InChI is InChI=1S/C23H24N4O3S2/c1-14-7-10-19(32-14)22-21(16-6-4-5-11-24-16)26-23(31)27(22)15-8-9-18(30-3)17(12-15)25-20(28)13-29-2/h4-12,21-22H,13H2,1-3H3,(H,25,28)(H,26,31)/t21-,22-/m0/s1. The predicted octanol–water partition coefficient (Wildman–Crippen LogP) is 4.22. The number of anilines is 2. The van der Waals surface area contributed by atoms with Gasteiger partial charge in [-0.2, -0.15) is 0 Å². The van der Waals surface area contributed by atoms with E-state index in [-0.39, 0.29) is 24.6 Å². The van der Waals surface area contributed by atoms with Gasteiger partial charge in [0, 0.05) is 28.7 Å². The Bertz CT molecular complexity index is 1120. The number of ether oxygens (including phenoxy) is 2. The minimum Gasteiger partial charge on any atom is -0.495 e. The molecule has 1 aromatic carbocycles. The van der Waals surface area contributed by atoms with Crippen molar-refractivity contribution in [1.29, 1.82) is 0 Å². The molecule has 2 N–H and O–H groups in total. The molecule has 1 amide bonds. The highest BCUT2D eigenvalue weighted by molar-refractivity contribution is 7.80. The van der Waals surface area contributed by atoms with Gasteiger partial charge in [-0.15, -0.1) is 11.3 Å². The number of thiophene rings is 1. The lowest BCUT2D eigenvalue weighted by Crippen LogP contribution is -2.29. The molecule has 1 saturated heterocycles. The summed E-state index contributed by atoms with van der Waals surface area (Å²) in [6.07, 6.45) is 1.79. The number of carbonyl (C=O) groups excluding carboxylic acids is 1. The van der Waals surface area contributed by atoms with Crippen molar-refractivity contribution in [2.45, 2.75) is 19.0 Å². The van der Waals surface area contributed by atoms with Crippen molar-refractivity contribution in [3.8, 4) is 5.75 Å². The number of aryl methyl sites for hydroxylation is 1. The van der Waals surface area contributed by atoms with Gasteiger partial charge in [-0.3, -0.25) is 9.78 Å². The first kappa shape index (κ1) is 22.2. The molecule has 2 atom stereocenters. The Morgan fingerprint density at radius 1 is 1.25 bits per heavy atom. The SMILES string of the molecule is COCC(=O)Nc1cc(N2C(=S)N[C@@H](c3ccccn3)[C@@H]2c2ccc(C)s2)ccc1OC. The monoisotopic (exact) mass is 468 g/mol. The summed E-state index contributed by atoms with van der Waals surface area (Å²) >= 11 is 7.50. The highest BCUT2D eigenvalue weighted by atomic mass is 32.1. The van der Waals surface area contributed by atoms with Crippen LogP contribution in [0.2, 0.25) is 0 Å². The van der Waals surface area contributed by atoms with Crippen molar-refractivity contribution in [3.05, 3.63) is 70.2 Å². The first-order valence-corrected chi connectivity index (χ1v) is 11.3. The number of methoxy groups -OCH3 is 2. The van der Waals surface area contributed by atoms with Gasteiger partial charge in [-0.05, 0) is 61.6 Å². The highest BCUT2D eigenvalue weighted by Gasteiger charge is 2.41. The van der Waals surface area contributed by atoms with Gasteiger partial charge in [0.15, 0.2) is 5.11 Å². The number of thiocarbonyl (C=S) groups is 1. The molecule has 0 spiro atoms. The van der Waals surface area contributed by atoms with Crippen LogP contribution in [0.4, 0.5) is 11.4 Å². The van der Waals surface area contributed by atoms with Gasteiger partial charge < -0.3 is 25.0 Å². The molecular weight excluding hydrogens is 444 g/mol. The summed E-state index contributed by atoms with van der Waals surface area (Å²) in [5.74, 6) is 0.294. The van der Waals surface area contributed by atoms with E-state index in [2.05, 4.69) is 39.6 Å². The van der Waals surface area contributed by atoms with E-state index in [0.29, 0.717) is 16.5 Å². The molecule has 1 fully saturated rings. The summed E-state index contributed by atoms with van der Waals surface area (Å²) in [7, 11) is 3.05. The molecule has 1 aliphatic heterocycles. The second-order valence-corrected chi connectivity index (χ2v) is 9.02. The third-order valence-corrected chi connectivity index (χ3v) is 6.55. The number of nitrogens with one attached hydrogen (secondary N) is 2. The number of pyridine rings is 1. The molecule has 0 unspecified atom stereocenters. The predicted molar refractivity (Wildman–Crippen MR) is 130 cm³/mol. The zero-order valence-electron chi connectivity index (χ0n) is 18.0. The summed E-state index contributed by atoms with van der Waals surface area (Å²) in [6, 6.07) is 15.5. The fourth-order valence-electron chi connectivity index (χ4n) is 3.80. The number of rotatable bonds is 7. The number of carbonyl (C=O) groups is 1. The van der Waals surface area contributed by atoms with Gasteiger partial charge in [-0.1, -0.05) is 6.07 Å². The van der Waals surface area contributed by atoms with E-state index in [1.54, 1.807) is 24.6 Å². The average Bonchev–Trinajstić information content (AvgIpc) is 3.37. The molecule has 4 rings (SSSR count). The maximum atomic E-state index is 12.2. The molecule has 7 nitrogen and oxygen atoms in total.